The first-order chi connectivity index (χ1) is 8.16. The van der Waals surface area contributed by atoms with Crippen molar-refractivity contribution in [3.05, 3.63) is 0 Å². The van der Waals surface area contributed by atoms with Gasteiger partial charge in [-0.3, -0.25) is 4.79 Å². The number of halogens is 1. The quantitative estimate of drug-likeness (QED) is 0.826. The lowest BCUT2D eigenvalue weighted by Crippen LogP contribution is -2.46. The SMILES string of the molecule is CC1CCN(C(=O)CC2CNCCO2)CC1C.Cl. The zero-order valence-corrected chi connectivity index (χ0v) is 12.2. The predicted molar refractivity (Wildman–Crippen MR) is 74.0 cm³/mol. The van der Waals surface area contributed by atoms with Gasteiger partial charge in [0.15, 0.2) is 0 Å². The van der Waals surface area contributed by atoms with Crippen LogP contribution in [0.1, 0.15) is 26.7 Å². The molecule has 2 saturated heterocycles. The number of carbonyl (C=O) groups excluding carboxylic acids is 1. The zero-order chi connectivity index (χ0) is 12.3. The van der Waals surface area contributed by atoms with E-state index in [0.29, 0.717) is 12.3 Å². The van der Waals surface area contributed by atoms with Crippen LogP contribution in [-0.4, -0.2) is 49.7 Å². The number of nitrogens with zero attached hydrogens (tertiary/aromatic N) is 1. The number of hydrogen-bond donors (Lipinski definition) is 1. The van der Waals surface area contributed by atoms with Gasteiger partial charge >= 0.3 is 0 Å². The van der Waals surface area contributed by atoms with E-state index in [4.69, 9.17) is 4.74 Å². The average Bonchev–Trinajstić information content (AvgIpc) is 2.34. The molecule has 2 fully saturated rings. The van der Waals surface area contributed by atoms with Crippen LogP contribution in [0.4, 0.5) is 0 Å². The first kappa shape index (κ1) is 15.7. The second-order valence-electron chi connectivity index (χ2n) is 5.48. The molecule has 0 radical (unpaired) electrons. The van der Waals surface area contributed by atoms with Crippen LogP contribution in [0.15, 0.2) is 0 Å². The van der Waals surface area contributed by atoms with Crippen molar-refractivity contribution in [3.8, 4) is 0 Å². The van der Waals surface area contributed by atoms with Gasteiger partial charge in [-0.2, -0.15) is 0 Å². The van der Waals surface area contributed by atoms with Gasteiger partial charge in [-0.1, -0.05) is 13.8 Å². The van der Waals surface area contributed by atoms with Crippen LogP contribution in [0.3, 0.4) is 0 Å². The number of piperidine rings is 1. The molecule has 0 saturated carbocycles. The van der Waals surface area contributed by atoms with Crippen molar-refractivity contribution in [3.63, 3.8) is 0 Å². The highest BCUT2D eigenvalue weighted by atomic mass is 35.5. The number of hydrogen-bond acceptors (Lipinski definition) is 3. The molecule has 2 aliphatic rings. The molecule has 0 aromatic heterocycles. The van der Waals surface area contributed by atoms with Crippen molar-refractivity contribution in [1.82, 2.24) is 10.2 Å². The molecule has 106 valence electrons. The van der Waals surface area contributed by atoms with E-state index in [0.717, 1.165) is 45.1 Å². The summed E-state index contributed by atoms with van der Waals surface area (Å²) < 4.78 is 5.58. The first-order valence-electron chi connectivity index (χ1n) is 6.77. The number of rotatable bonds is 2. The van der Waals surface area contributed by atoms with Gasteiger partial charge < -0.3 is 15.0 Å². The normalized spacial score (nSPS) is 32.8. The van der Waals surface area contributed by atoms with E-state index < -0.39 is 0 Å². The van der Waals surface area contributed by atoms with E-state index in [1.165, 1.54) is 0 Å². The third-order valence-electron chi connectivity index (χ3n) is 4.09. The van der Waals surface area contributed by atoms with Gasteiger partial charge in [-0.25, -0.2) is 0 Å². The Morgan fingerprint density at radius 2 is 2.17 bits per heavy atom. The summed E-state index contributed by atoms with van der Waals surface area (Å²) >= 11 is 0. The monoisotopic (exact) mass is 276 g/mol. The Bertz CT molecular complexity index is 270. The molecule has 3 atom stereocenters. The highest BCUT2D eigenvalue weighted by molar-refractivity contribution is 5.85. The number of ether oxygens (including phenoxy) is 1. The van der Waals surface area contributed by atoms with E-state index >= 15 is 0 Å². The topological polar surface area (TPSA) is 41.6 Å². The van der Waals surface area contributed by atoms with Gasteiger partial charge in [0.2, 0.25) is 5.91 Å². The largest absolute Gasteiger partial charge is 0.375 e. The summed E-state index contributed by atoms with van der Waals surface area (Å²) in [6.07, 6.45) is 1.75. The molecule has 0 aromatic carbocycles. The van der Waals surface area contributed by atoms with Crippen molar-refractivity contribution >= 4 is 18.3 Å². The maximum atomic E-state index is 12.1. The fourth-order valence-electron chi connectivity index (χ4n) is 2.56. The number of nitrogens with one attached hydrogen (secondary N) is 1. The number of morpholine rings is 1. The van der Waals surface area contributed by atoms with Crippen molar-refractivity contribution in [2.24, 2.45) is 11.8 Å². The fraction of sp³-hybridized carbons (Fsp3) is 0.923. The van der Waals surface area contributed by atoms with Crippen molar-refractivity contribution in [2.45, 2.75) is 32.8 Å². The second-order valence-corrected chi connectivity index (χ2v) is 5.48. The number of carbonyl (C=O) groups is 1. The minimum absolute atomic E-state index is 0. The Balaban J connectivity index is 0.00000162. The summed E-state index contributed by atoms with van der Waals surface area (Å²) in [5.74, 6) is 1.63. The molecule has 1 amide bonds. The van der Waals surface area contributed by atoms with Crippen molar-refractivity contribution < 1.29 is 9.53 Å². The van der Waals surface area contributed by atoms with E-state index in [9.17, 15) is 4.79 Å². The fourth-order valence-corrected chi connectivity index (χ4v) is 2.56. The van der Waals surface area contributed by atoms with E-state index in [1.54, 1.807) is 0 Å². The number of amides is 1. The van der Waals surface area contributed by atoms with Crippen LogP contribution in [0.2, 0.25) is 0 Å². The summed E-state index contributed by atoms with van der Waals surface area (Å²) in [7, 11) is 0. The van der Waals surface area contributed by atoms with Crippen LogP contribution >= 0.6 is 12.4 Å². The molecule has 2 heterocycles. The van der Waals surface area contributed by atoms with Gasteiger partial charge in [-0.05, 0) is 18.3 Å². The summed E-state index contributed by atoms with van der Waals surface area (Å²) in [5.41, 5.74) is 0. The molecular weight excluding hydrogens is 252 g/mol. The summed E-state index contributed by atoms with van der Waals surface area (Å²) in [6, 6.07) is 0. The van der Waals surface area contributed by atoms with Gasteiger partial charge in [0.1, 0.15) is 0 Å². The van der Waals surface area contributed by atoms with Crippen molar-refractivity contribution in [2.75, 3.05) is 32.8 Å². The lowest BCUT2D eigenvalue weighted by molar-refractivity contribution is -0.137. The highest BCUT2D eigenvalue weighted by Crippen LogP contribution is 2.23. The highest BCUT2D eigenvalue weighted by Gasteiger charge is 2.27. The predicted octanol–water partition coefficient (Wildman–Crippen LogP) is 1.29. The molecule has 3 unspecified atom stereocenters. The van der Waals surface area contributed by atoms with Crippen LogP contribution in [0.25, 0.3) is 0 Å². The minimum atomic E-state index is 0. The first-order valence-corrected chi connectivity index (χ1v) is 6.77. The number of likely N-dealkylation sites (tertiary alicyclic amines) is 1. The van der Waals surface area contributed by atoms with E-state index in [1.807, 2.05) is 4.90 Å². The summed E-state index contributed by atoms with van der Waals surface area (Å²) in [5, 5.41) is 3.26. The van der Waals surface area contributed by atoms with E-state index in [-0.39, 0.29) is 24.4 Å². The smallest absolute Gasteiger partial charge is 0.225 e. The van der Waals surface area contributed by atoms with Crippen LogP contribution < -0.4 is 5.32 Å². The van der Waals surface area contributed by atoms with Gasteiger partial charge in [-0.15, -0.1) is 12.4 Å². The molecule has 1 N–H and O–H groups in total. The molecule has 2 rings (SSSR count). The molecule has 4 nitrogen and oxygen atoms in total. The molecule has 2 aliphatic heterocycles. The lowest BCUT2D eigenvalue weighted by Gasteiger charge is -2.36. The zero-order valence-electron chi connectivity index (χ0n) is 11.4. The van der Waals surface area contributed by atoms with Crippen LogP contribution in [-0.2, 0) is 9.53 Å². The maximum absolute atomic E-state index is 12.1. The van der Waals surface area contributed by atoms with Crippen molar-refractivity contribution in [1.29, 1.82) is 0 Å². The maximum Gasteiger partial charge on any atom is 0.225 e. The Labute approximate surface area is 116 Å². The standard InChI is InChI=1S/C13H24N2O2.ClH/c1-10-3-5-15(9-11(10)2)13(16)7-12-8-14-4-6-17-12;/h10-12,14H,3-9H2,1-2H3;1H. The lowest BCUT2D eigenvalue weighted by atomic mass is 9.88. The third-order valence-corrected chi connectivity index (χ3v) is 4.09. The summed E-state index contributed by atoms with van der Waals surface area (Å²) in [4.78, 5) is 14.2. The Kier molecular flexibility index (Phi) is 6.39. The minimum Gasteiger partial charge on any atom is -0.375 e. The molecule has 0 aromatic rings. The molecule has 0 spiro atoms. The second kappa shape index (κ2) is 7.31. The average molecular weight is 277 g/mol. The Hall–Kier alpha value is -0.320. The van der Waals surface area contributed by atoms with Crippen LogP contribution in [0, 0.1) is 11.8 Å². The van der Waals surface area contributed by atoms with Crippen LogP contribution in [0.5, 0.6) is 0 Å². The van der Waals surface area contributed by atoms with E-state index in [2.05, 4.69) is 19.2 Å². The Morgan fingerprint density at radius 3 is 2.78 bits per heavy atom. The molecule has 0 bridgehead atoms. The van der Waals surface area contributed by atoms with Gasteiger partial charge in [0.05, 0.1) is 19.1 Å². The van der Waals surface area contributed by atoms with Gasteiger partial charge in [0.25, 0.3) is 0 Å². The molecule has 0 aliphatic carbocycles. The van der Waals surface area contributed by atoms with Gasteiger partial charge in [0, 0.05) is 26.2 Å². The molecule has 18 heavy (non-hydrogen) atoms. The third kappa shape index (κ3) is 4.11. The Morgan fingerprint density at radius 1 is 1.39 bits per heavy atom. The molecule has 5 heteroatoms. The molecular formula is C13H25ClN2O2. The summed E-state index contributed by atoms with van der Waals surface area (Å²) in [6.45, 7) is 8.80.